The van der Waals surface area contributed by atoms with Crippen LogP contribution in [-0.4, -0.2) is 23.6 Å². The first kappa shape index (κ1) is 14.0. The third kappa shape index (κ3) is 4.33. The molecule has 1 atom stereocenters. The van der Waals surface area contributed by atoms with Gasteiger partial charge in [0.05, 0.1) is 0 Å². The predicted molar refractivity (Wildman–Crippen MR) is 82.3 cm³/mol. The maximum Gasteiger partial charge on any atom is 0.00817 e. The lowest BCUT2D eigenvalue weighted by Gasteiger charge is -2.30. The molecule has 1 aromatic rings. The molecule has 0 saturated heterocycles. The van der Waals surface area contributed by atoms with Crippen LogP contribution in [0.5, 0.6) is 0 Å². The molecule has 1 unspecified atom stereocenters. The van der Waals surface area contributed by atoms with Crippen molar-refractivity contribution in [3.05, 3.63) is 35.9 Å². The number of nitrogens with one attached hydrogen (secondary N) is 1. The molecular weight excluding hydrogens is 238 g/mol. The average molecular weight is 263 g/mol. The highest BCUT2D eigenvalue weighted by molar-refractivity contribution is 7.99. The van der Waals surface area contributed by atoms with Gasteiger partial charge < -0.3 is 5.32 Å². The third-order valence-corrected chi connectivity index (χ3v) is 5.05. The highest BCUT2D eigenvalue weighted by atomic mass is 32.2. The van der Waals surface area contributed by atoms with Gasteiger partial charge in [0.25, 0.3) is 0 Å². The van der Waals surface area contributed by atoms with Crippen LogP contribution >= 0.6 is 11.8 Å². The number of hydrogen-bond acceptors (Lipinski definition) is 2. The second-order valence-corrected chi connectivity index (χ2v) is 6.60. The molecule has 0 aromatic heterocycles. The van der Waals surface area contributed by atoms with E-state index in [1.54, 1.807) is 0 Å². The summed E-state index contributed by atoms with van der Waals surface area (Å²) in [6.07, 6.45) is 8.86. The van der Waals surface area contributed by atoms with Crippen LogP contribution in [0.25, 0.3) is 0 Å². The number of benzene rings is 1. The average Bonchev–Trinajstić information content (AvgIpc) is 2.40. The lowest BCUT2D eigenvalue weighted by molar-refractivity contribution is 0.348. The van der Waals surface area contributed by atoms with E-state index in [4.69, 9.17) is 0 Å². The van der Waals surface area contributed by atoms with Crippen LogP contribution in [0.1, 0.15) is 38.2 Å². The summed E-state index contributed by atoms with van der Waals surface area (Å²) in [5.74, 6) is 0. The Morgan fingerprint density at radius 2 is 1.83 bits per heavy atom. The van der Waals surface area contributed by atoms with Crippen molar-refractivity contribution in [3.8, 4) is 0 Å². The fourth-order valence-electron chi connectivity index (χ4n) is 2.89. The van der Waals surface area contributed by atoms with Crippen molar-refractivity contribution < 1.29 is 0 Å². The van der Waals surface area contributed by atoms with E-state index in [0.29, 0.717) is 6.04 Å². The minimum absolute atomic E-state index is 0.586. The van der Waals surface area contributed by atoms with Crippen LogP contribution in [0.3, 0.4) is 0 Å². The van der Waals surface area contributed by atoms with Crippen molar-refractivity contribution in [2.45, 2.75) is 56.4 Å². The first-order valence-electron chi connectivity index (χ1n) is 7.10. The van der Waals surface area contributed by atoms with Gasteiger partial charge in [0.2, 0.25) is 0 Å². The van der Waals surface area contributed by atoms with E-state index < -0.39 is 0 Å². The largest absolute Gasteiger partial charge is 0.311 e. The Labute approximate surface area is 116 Å². The van der Waals surface area contributed by atoms with Crippen LogP contribution in [0.4, 0.5) is 0 Å². The maximum absolute atomic E-state index is 3.80. The second-order valence-electron chi connectivity index (χ2n) is 5.47. The first-order valence-corrected chi connectivity index (χ1v) is 8.39. The van der Waals surface area contributed by atoms with Crippen molar-refractivity contribution in [2.75, 3.05) is 6.26 Å². The van der Waals surface area contributed by atoms with Gasteiger partial charge in [-0.05, 0) is 50.8 Å². The Hall–Kier alpha value is -0.470. The normalized spacial score (nSPS) is 25.9. The maximum atomic E-state index is 3.80. The first-order chi connectivity index (χ1) is 8.78. The number of hydrogen-bond donors (Lipinski definition) is 1. The minimum Gasteiger partial charge on any atom is -0.311 e. The van der Waals surface area contributed by atoms with Gasteiger partial charge in [-0.25, -0.2) is 0 Å². The van der Waals surface area contributed by atoms with Gasteiger partial charge in [-0.2, -0.15) is 11.8 Å². The third-order valence-electron chi connectivity index (χ3n) is 3.91. The number of rotatable bonds is 5. The van der Waals surface area contributed by atoms with E-state index in [9.17, 15) is 0 Å². The van der Waals surface area contributed by atoms with E-state index in [2.05, 4.69) is 48.8 Å². The van der Waals surface area contributed by atoms with Crippen molar-refractivity contribution in [2.24, 2.45) is 0 Å². The van der Waals surface area contributed by atoms with Crippen LogP contribution in [-0.2, 0) is 6.42 Å². The number of thioether (sulfide) groups is 1. The van der Waals surface area contributed by atoms with Crippen LogP contribution in [0, 0.1) is 0 Å². The minimum atomic E-state index is 0.586. The van der Waals surface area contributed by atoms with Crippen molar-refractivity contribution >= 4 is 11.8 Å². The molecule has 18 heavy (non-hydrogen) atoms. The zero-order valence-corrected chi connectivity index (χ0v) is 12.4. The van der Waals surface area contributed by atoms with Crippen molar-refractivity contribution in [3.63, 3.8) is 0 Å². The van der Waals surface area contributed by atoms with Gasteiger partial charge in [0.15, 0.2) is 0 Å². The highest BCUT2D eigenvalue weighted by Crippen LogP contribution is 2.27. The molecule has 2 rings (SSSR count). The van der Waals surface area contributed by atoms with E-state index in [-0.39, 0.29) is 0 Å². The van der Waals surface area contributed by atoms with Gasteiger partial charge in [-0.3, -0.25) is 0 Å². The summed E-state index contributed by atoms with van der Waals surface area (Å²) in [5.41, 5.74) is 1.44. The Kier molecular flexibility index (Phi) is 5.58. The molecule has 2 heteroatoms. The molecule has 1 N–H and O–H groups in total. The molecule has 100 valence electrons. The molecular formula is C16H25NS. The van der Waals surface area contributed by atoms with Crippen LogP contribution < -0.4 is 5.32 Å². The molecule has 0 spiro atoms. The lowest BCUT2D eigenvalue weighted by Crippen LogP contribution is -2.40. The summed E-state index contributed by atoms with van der Waals surface area (Å²) in [6, 6.07) is 12.1. The van der Waals surface area contributed by atoms with Gasteiger partial charge in [0, 0.05) is 17.3 Å². The molecule has 0 bridgehead atoms. The Morgan fingerprint density at radius 1 is 1.17 bits per heavy atom. The van der Waals surface area contributed by atoms with Gasteiger partial charge in [-0.1, -0.05) is 30.3 Å². The summed E-state index contributed by atoms with van der Waals surface area (Å²) in [5, 5.41) is 4.71. The SMILES string of the molecule is CSC1CCC(NC(C)Cc2ccccc2)CC1. The summed E-state index contributed by atoms with van der Waals surface area (Å²) in [7, 11) is 0. The summed E-state index contributed by atoms with van der Waals surface area (Å²) < 4.78 is 0. The zero-order chi connectivity index (χ0) is 12.8. The molecule has 1 nitrogen and oxygen atoms in total. The van der Waals surface area contributed by atoms with Crippen LogP contribution in [0.2, 0.25) is 0 Å². The van der Waals surface area contributed by atoms with Gasteiger partial charge >= 0.3 is 0 Å². The Bertz CT molecular complexity index is 330. The smallest absolute Gasteiger partial charge is 0.00817 e. The highest BCUT2D eigenvalue weighted by Gasteiger charge is 2.21. The molecule has 1 fully saturated rings. The molecule has 0 aliphatic heterocycles. The van der Waals surface area contributed by atoms with E-state index in [1.807, 2.05) is 11.8 Å². The van der Waals surface area contributed by atoms with E-state index in [1.165, 1.54) is 31.2 Å². The molecule has 1 aliphatic carbocycles. The van der Waals surface area contributed by atoms with E-state index in [0.717, 1.165) is 17.7 Å². The van der Waals surface area contributed by atoms with Crippen molar-refractivity contribution in [1.82, 2.24) is 5.32 Å². The zero-order valence-electron chi connectivity index (χ0n) is 11.6. The molecule has 0 amide bonds. The molecule has 1 saturated carbocycles. The fourth-order valence-corrected chi connectivity index (χ4v) is 3.64. The standard InChI is InChI=1S/C16H25NS/c1-13(12-14-6-4-3-5-7-14)17-15-8-10-16(18-2)11-9-15/h3-7,13,15-17H,8-12H2,1-2H3. The van der Waals surface area contributed by atoms with Crippen LogP contribution in [0.15, 0.2) is 30.3 Å². The van der Waals surface area contributed by atoms with E-state index >= 15 is 0 Å². The van der Waals surface area contributed by atoms with Gasteiger partial charge in [-0.15, -0.1) is 0 Å². The Balaban J connectivity index is 1.73. The molecule has 1 aromatic carbocycles. The predicted octanol–water partition coefficient (Wildman–Crippen LogP) is 3.88. The second kappa shape index (κ2) is 7.20. The van der Waals surface area contributed by atoms with Gasteiger partial charge in [0.1, 0.15) is 0 Å². The quantitative estimate of drug-likeness (QED) is 0.865. The fraction of sp³-hybridized carbons (Fsp3) is 0.625. The molecule has 0 radical (unpaired) electrons. The topological polar surface area (TPSA) is 12.0 Å². The summed E-state index contributed by atoms with van der Waals surface area (Å²) in [4.78, 5) is 0. The Morgan fingerprint density at radius 3 is 2.44 bits per heavy atom. The monoisotopic (exact) mass is 263 g/mol. The molecule has 0 heterocycles. The molecule has 1 aliphatic rings. The summed E-state index contributed by atoms with van der Waals surface area (Å²) >= 11 is 2.04. The lowest BCUT2D eigenvalue weighted by atomic mass is 9.94. The van der Waals surface area contributed by atoms with Crippen molar-refractivity contribution in [1.29, 1.82) is 0 Å². The summed E-state index contributed by atoms with van der Waals surface area (Å²) in [6.45, 7) is 2.31.